The molecule has 0 aliphatic rings. The molecule has 0 spiro atoms. The van der Waals surface area contributed by atoms with E-state index in [4.69, 9.17) is 9.15 Å². The average molecular weight is 407 g/mol. The molecule has 4 aromatic rings. The van der Waals surface area contributed by atoms with Gasteiger partial charge in [-0.15, -0.1) is 0 Å². The molecule has 30 heavy (non-hydrogen) atoms. The summed E-state index contributed by atoms with van der Waals surface area (Å²) in [6.45, 7) is 4.23. The Morgan fingerprint density at radius 3 is 2.73 bits per heavy atom. The minimum absolute atomic E-state index is 0.0845. The van der Waals surface area contributed by atoms with Gasteiger partial charge in [-0.2, -0.15) is 0 Å². The van der Waals surface area contributed by atoms with Crippen LogP contribution in [0, 0.1) is 19.7 Å². The number of halogens is 1. The number of fused-ring (bicyclic) bond motifs is 1. The number of nitrogens with one attached hydrogen (secondary N) is 2. The van der Waals surface area contributed by atoms with Crippen LogP contribution in [0.1, 0.15) is 16.8 Å². The fourth-order valence-electron chi connectivity index (χ4n) is 3.54. The Morgan fingerprint density at radius 2 is 2.00 bits per heavy atom. The number of oxazole rings is 1. The maximum Gasteiger partial charge on any atom is 0.257 e. The van der Waals surface area contributed by atoms with Crippen LogP contribution in [0.15, 0.2) is 53.3 Å². The van der Waals surface area contributed by atoms with Gasteiger partial charge in [0.2, 0.25) is 5.89 Å². The first-order valence-electron chi connectivity index (χ1n) is 9.68. The molecule has 0 saturated carbocycles. The summed E-state index contributed by atoms with van der Waals surface area (Å²) in [5, 5.41) is 3.75. The molecule has 0 bridgehead atoms. The summed E-state index contributed by atoms with van der Waals surface area (Å²) < 4.78 is 24.8. The fourth-order valence-corrected chi connectivity index (χ4v) is 3.54. The lowest BCUT2D eigenvalue weighted by atomic mass is 10.0. The van der Waals surface area contributed by atoms with Crippen LogP contribution in [0.4, 0.5) is 4.39 Å². The van der Waals surface area contributed by atoms with Crippen LogP contribution in [0.5, 0.6) is 5.75 Å². The van der Waals surface area contributed by atoms with Crippen LogP contribution in [-0.2, 0) is 11.2 Å². The lowest BCUT2D eigenvalue weighted by Gasteiger charge is -2.09. The SMILES string of the molecule is Cc1[nH]c2c(F)ccc(C)c2c1CCNC(=O)COc1ccc(-c2ncco2)cc1. The first kappa shape index (κ1) is 19.7. The smallest absolute Gasteiger partial charge is 0.257 e. The summed E-state index contributed by atoms with van der Waals surface area (Å²) in [5.74, 6) is 0.629. The molecule has 0 saturated heterocycles. The van der Waals surface area contributed by atoms with Crippen LogP contribution in [0.25, 0.3) is 22.4 Å². The van der Waals surface area contributed by atoms with E-state index >= 15 is 0 Å². The molecule has 0 atom stereocenters. The highest BCUT2D eigenvalue weighted by Crippen LogP contribution is 2.27. The Kier molecular flexibility index (Phi) is 5.52. The molecule has 0 unspecified atom stereocenters. The Bertz CT molecular complexity index is 1160. The van der Waals surface area contributed by atoms with E-state index in [1.165, 1.54) is 12.3 Å². The van der Waals surface area contributed by atoms with Crippen LogP contribution < -0.4 is 10.1 Å². The first-order chi connectivity index (χ1) is 14.5. The van der Waals surface area contributed by atoms with Gasteiger partial charge in [0.05, 0.1) is 11.7 Å². The monoisotopic (exact) mass is 407 g/mol. The number of carbonyl (C=O) groups excluding carboxylic acids is 1. The van der Waals surface area contributed by atoms with Crippen molar-refractivity contribution >= 4 is 16.8 Å². The normalized spacial score (nSPS) is 11.0. The van der Waals surface area contributed by atoms with Gasteiger partial charge in [-0.1, -0.05) is 6.07 Å². The number of rotatable bonds is 7. The Morgan fingerprint density at radius 1 is 1.20 bits per heavy atom. The minimum Gasteiger partial charge on any atom is -0.484 e. The summed E-state index contributed by atoms with van der Waals surface area (Å²) in [6, 6.07) is 10.4. The predicted molar refractivity (Wildman–Crippen MR) is 112 cm³/mol. The van der Waals surface area contributed by atoms with Crippen molar-refractivity contribution in [2.75, 3.05) is 13.2 Å². The molecule has 0 aliphatic heterocycles. The molecule has 7 heteroatoms. The molecule has 154 valence electrons. The Balaban J connectivity index is 1.30. The quantitative estimate of drug-likeness (QED) is 0.478. The van der Waals surface area contributed by atoms with E-state index in [-0.39, 0.29) is 18.3 Å². The molecular formula is C23H22FN3O3. The van der Waals surface area contributed by atoms with E-state index < -0.39 is 0 Å². The van der Waals surface area contributed by atoms with E-state index in [0.717, 1.165) is 27.8 Å². The van der Waals surface area contributed by atoms with Crippen molar-refractivity contribution in [1.82, 2.24) is 15.3 Å². The van der Waals surface area contributed by atoms with E-state index in [1.54, 1.807) is 24.4 Å². The first-order valence-corrected chi connectivity index (χ1v) is 9.68. The number of hydrogen-bond acceptors (Lipinski definition) is 4. The number of hydrogen-bond donors (Lipinski definition) is 2. The van der Waals surface area contributed by atoms with Crippen LogP contribution >= 0.6 is 0 Å². The lowest BCUT2D eigenvalue weighted by Crippen LogP contribution is -2.30. The minimum atomic E-state index is -0.267. The van der Waals surface area contributed by atoms with Gasteiger partial charge < -0.3 is 19.5 Å². The second kappa shape index (κ2) is 8.41. The van der Waals surface area contributed by atoms with Gasteiger partial charge in [0.15, 0.2) is 6.61 Å². The van der Waals surface area contributed by atoms with Gasteiger partial charge >= 0.3 is 0 Å². The van der Waals surface area contributed by atoms with Gasteiger partial charge in [-0.25, -0.2) is 9.37 Å². The molecular weight excluding hydrogens is 385 g/mol. The molecule has 6 nitrogen and oxygen atoms in total. The summed E-state index contributed by atoms with van der Waals surface area (Å²) in [6.07, 6.45) is 3.70. The van der Waals surface area contributed by atoms with Crippen molar-refractivity contribution < 1.29 is 18.3 Å². The van der Waals surface area contributed by atoms with Crippen molar-refractivity contribution in [3.05, 3.63) is 71.5 Å². The zero-order valence-electron chi connectivity index (χ0n) is 16.8. The summed E-state index contributed by atoms with van der Waals surface area (Å²) in [5.41, 5.74) is 4.29. The van der Waals surface area contributed by atoms with Crippen LogP contribution in [0.2, 0.25) is 0 Å². The van der Waals surface area contributed by atoms with Gasteiger partial charge in [0.25, 0.3) is 5.91 Å². The van der Waals surface area contributed by atoms with E-state index in [9.17, 15) is 9.18 Å². The lowest BCUT2D eigenvalue weighted by molar-refractivity contribution is -0.123. The van der Waals surface area contributed by atoms with E-state index in [2.05, 4.69) is 15.3 Å². The molecule has 2 aromatic heterocycles. The Labute approximate surface area is 173 Å². The zero-order valence-corrected chi connectivity index (χ0v) is 16.8. The highest BCUT2D eigenvalue weighted by molar-refractivity contribution is 5.88. The van der Waals surface area contributed by atoms with Gasteiger partial charge in [0, 0.05) is 23.2 Å². The van der Waals surface area contributed by atoms with Gasteiger partial charge in [-0.05, 0) is 61.7 Å². The van der Waals surface area contributed by atoms with Crippen molar-refractivity contribution in [3.8, 4) is 17.2 Å². The molecule has 2 aromatic carbocycles. The predicted octanol–water partition coefficient (Wildman–Crippen LogP) is 4.32. The third-order valence-corrected chi connectivity index (χ3v) is 5.03. The molecule has 2 N–H and O–H groups in total. The molecule has 0 radical (unpaired) electrons. The second-order valence-corrected chi connectivity index (χ2v) is 7.09. The largest absolute Gasteiger partial charge is 0.484 e. The molecule has 2 heterocycles. The summed E-state index contributed by atoms with van der Waals surface area (Å²) >= 11 is 0. The van der Waals surface area contributed by atoms with Crippen molar-refractivity contribution in [3.63, 3.8) is 0 Å². The number of H-pyrrole nitrogens is 1. The van der Waals surface area contributed by atoms with Gasteiger partial charge in [-0.3, -0.25) is 4.79 Å². The Hall–Kier alpha value is -3.61. The molecule has 4 rings (SSSR count). The van der Waals surface area contributed by atoms with Crippen LogP contribution in [-0.4, -0.2) is 29.0 Å². The summed E-state index contributed by atoms with van der Waals surface area (Å²) in [4.78, 5) is 19.3. The third-order valence-electron chi connectivity index (χ3n) is 5.03. The number of aromatic amines is 1. The maximum atomic E-state index is 14.1. The van der Waals surface area contributed by atoms with Crippen molar-refractivity contribution in [2.45, 2.75) is 20.3 Å². The molecule has 0 fully saturated rings. The number of carbonyl (C=O) groups is 1. The van der Waals surface area contributed by atoms with E-state index in [1.807, 2.05) is 26.0 Å². The number of amides is 1. The van der Waals surface area contributed by atoms with Crippen molar-refractivity contribution in [1.29, 1.82) is 0 Å². The van der Waals surface area contributed by atoms with E-state index in [0.29, 0.717) is 30.1 Å². The third kappa shape index (κ3) is 4.05. The second-order valence-electron chi connectivity index (χ2n) is 7.09. The molecule has 1 amide bonds. The zero-order chi connectivity index (χ0) is 21.1. The summed E-state index contributed by atoms with van der Waals surface area (Å²) in [7, 11) is 0. The van der Waals surface area contributed by atoms with Gasteiger partial charge in [0.1, 0.15) is 17.8 Å². The highest BCUT2D eigenvalue weighted by atomic mass is 19.1. The fraction of sp³-hybridized carbons (Fsp3) is 0.217. The number of ether oxygens (including phenoxy) is 1. The standard InChI is InChI=1S/C23H22FN3O3/c1-14-3-8-19(24)22-21(14)18(15(2)27-22)9-10-25-20(28)13-30-17-6-4-16(5-7-17)23-26-11-12-29-23/h3-8,11-12,27H,9-10,13H2,1-2H3,(H,25,28). The number of nitrogens with zero attached hydrogens (tertiary/aromatic N) is 1. The highest BCUT2D eigenvalue weighted by Gasteiger charge is 2.14. The number of aryl methyl sites for hydroxylation is 2. The maximum absolute atomic E-state index is 14.1. The number of aromatic nitrogens is 2. The average Bonchev–Trinajstić information content (AvgIpc) is 3.39. The topological polar surface area (TPSA) is 80.2 Å². The molecule has 0 aliphatic carbocycles. The number of benzene rings is 2. The van der Waals surface area contributed by atoms with Crippen LogP contribution in [0.3, 0.4) is 0 Å². The van der Waals surface area contributed by atoms with Crippen molar-refractivity contribution in [2.24, 2.45) is 0 Å².